The Kier molecular flexibility index (Phi) is 7.72. The topological polar surface area (TPSA) is 0 Å². The van der Waals surface area contributed by atoms with Gasteiger partial charge in [-0.1, -0.05) is 0 Å². The van der Waals surface area contributed by atoms with Crippen molar-refractivity contribution in [2.24, 2.45) is 0 Å². The third-order valence-corrected chi connectivity index (χ3v) is 21.4. The maximum absolute atomic E-state index is 6.94. The monoisotopic (exact) mass is 704 g/mol. The van der Waals surface area contributed by atoms with Crippen LogP contribution in [-0.4, -0.2) is 0 Å². The van der Waals surface area contributed by atoms with Crippen LogP contribution in [0.3, 0.4) is 0 Å². The standard InChI is InChI=1S/C31H29.C9H5Cl2.2CH3.Zr/c1-18-11-20(3)30(21(4)12-18)26-9-7-24-15-25-8-10-27(17-29(25)28(24)16-26)31-22(5)13-19(2)14-23(31)6;10-8-4-5-9(11)7-3-1-2-6(7)8;;;/h7-17H,1-6H3;1-5H;2*1H3;. The van der Waals surface area contributed by atoms with Gasteiger partial charge in [0.15, 0.2) is 0 Å². The second-order valence-electron chi connectivity index (χ2n) is 14.1. The van der Waals surface area contributed by atoms with Crippen LogP contribution in [0.25, 0.3) is 39.5 Å². The van der Waals surface area contributed by atoms with Crippen LogP contribution in [0.4, 0.5) is 0 Å². The summed E-state index contributed by atoms with van der Waals surface area (Å²) in [5, 5.41) is 1.64. The normalized spacial score (nSPS) is 15.4. The first kappa shape index (κ1) is 30.9. The molecule has 0 heterocycles. The van der Waals surface area contributed by atoms with Crippen molar-refractivity contribution in [2.45, 2.75) is 58.1 Å². The van der Waals surface area contributed by atoms with E-state index in [-0.39, 0.29) is 0 Å². The molecule has 5 aromatic carbocycles. The van der Waals surface area contributed by atoms with E-state index in [1.54, 1.807) is 0 Å². The van der Waals surface area contributed by atoms with Crippen LogP contribution < -0.4 is 0 Å². The van der Waals surface area contributed by atoms with Crippen molar-refractivity contribution in [3.05, 3.63) is 145 Å². The molecule has 0 N–H and O–H groups in total. The summed E-state index contributed by atoms with van der Waals surface area (Å²) in [7, 11) is 0. The van der Waals surface area contributed by atoms with E-state index in [1.807, 2.05) is 12.1 Å². The molecule has 0 nitrogen and oxygen atoms in total. The minimum absolute atomic E-state index is 0.340. The van der Waals surface area contributed by atoms with Crippen molar-refractivity contribution >= 4 is 29.3 Å². The van der Waals surface area contributed by atoms with Crippen LogP contribution in [0.1, 0.15) is 62.9 Å². The van der Waals surface area contributed by atoms with Crippen molar-refractivity contribution < 1.29 is 20.3 Å². The molecule has 0 amide bonds. The molecule has 1 atom stereocenters. The minimum atomic E-state index is -3.13. The average molecular weight is 707 g/mol. The van der Waals surface area contributed by atoms with E-state index >= 15 is 0 Å². The number of fused-ring (bicyclic) bond motifs is 4. The number of aryl methyl sites for hydroxylation is 6. The van der Waals surface area contributed by atoms with Crippen LogP contribution in [0.15, 0.2) is 78.9 Å². The van der Waals surface area contributed by atoms with Gasteiger partial charge in [0.1, 0.15) is 0 Å². The molecule has 7 rings (SSSR count). The number of allylic oxidation sites excluding steroid dienone is 1. The van der Waals surface area contributed by atoms with Gasteiger partial charge in [-0.05, 0) is 0 Å². The van der Waals surface area contributed by atoms with E-state index in [4.69, 9.17) is 23.2 Å². The summed E-state index contributed by atoms with van der Waals surface area (Å²) in [6.07, 6.45) is 4.64. The summed E-state index contributed by atoms with van der Waals surface area (Å²) in [5.41, 5.74) is 21.4. The fraction of sp³-hybridized carbons (Fsp3) is 0.238. The summed E-state index contributed by atoms with van der Waals surface area (Å²) in [4.78, 5) is 0. The molecule has 3 heteroatoms. The quantitative estimate of drug-likeness (QED) is 0.175. The first-order valence-electron chi connectivity index (χ1n) is 16.0. The van der Waals surface area contributed by atoms with Gasteiger partial charge in [0.25, 0.3) is 0 Å². The van der Waals surface area contributed by atoms with Gasteiger partial charge in [-0.2, -0.15) is 0 Å². The molecule has 0 aliphatic heterocycles. The number of hydrogen-bond donors (Lipinski definition) is 0. The summed E-state index contributed by atoms with van der Waals surface area (Å²) < 4.78 is 5.96. The zero-order chi connectivity index (χ0) is 31.9. The zero-order valence-corrected chi connectivity index (χ0v) is 31.5. The van der Waals surface area contributed by atoms with Gasteiger partial charge >= 0.3 is 286 Å². The maximum atomic E-state index is 6.94. The van der Waals surface area contributed by atoms with Gasteiger partial charge in [0.05, 0.1) is 0 Å². The molecule has 2 aliphatic carbocycles. The summed E-state index contributed by atoms with van der Waals surface area (Å²) in [6.45, 7) is 13.4. The van der Waals surface area contributed by atoms with Gasteiger partial charge in [-0.25, -0.2) is 0 Å². The first-order chi connectivity index (χ1) is 21.4. The fourth-order valence-electron chi connectivity index (χ4n) is 8.79. The molecule has 0 radical (unpaired) electrons. The molecule has 0 spiro atoms. The number of rotatable bonds is 4. The van der Waals surface area contributed by atoms with Gasteiger partial charge in [0, 0.05) is 0 Å². The van der Waals surface area contributed by atoms with Crippen molar-refractivity contribution in [3.8, 4) is 33.4 Å². The van der Waals surface area contributed by atoms with Gasteiger partial charge in [0.2, 0.25) is 0 Å². The summed E-state index contributed by atoms with van der Waals surface area (Å²) in [5.74, 6) is 0. The van der Waals surface area contributed by atoms with E-state index < -0.39 is 20.3 Å². The molecular formula is C42H40Cl2Zr. The van der Waals surface area contributed by atoms with Crippen LogP contribution in [-0.2, 0) is 20.3 Å². The van der Waals surface area contributed by atoms with Crippen molar-refractivity contribution in [2.75, 3.05) is 0 Å². The van der Waals surface area contributed by atoms with Crippen molar-refractivity contribution in [1.29, 1.82) is 0 Å². The van der Waals surface area contributed by atoms with Crippen LogP contribution in [0.2, 0.25) is 19.3 Å². The number of benzene rings is 5. The molecule has 2 aliphatic rings. The predicted octanol–water partition coefficient (Wildman–Crippen LogP) is 13.3. The van der Waals surface area contributed by atoms with Crippen LogP contribution in [0.5, 0.6) is 0 Å². The Hall–Kier alpha value is -2.70. The Morgan fingerprint density at radius 2 is 1.00 bits per heavy atom. The molecule has 0 bridgehead atoms. The van der Waals surface area contributed by atoms with E-state index in [9.17, 15) is 0 Å². The Morgan fingerprint density at radius 3 is 1.47 bits per heavy atom. The van der Waals surface area contributed by atoms with E-state index in [2.05, 4.69) is 124 Å². The Bertz CT molecular complexity index is 1930. The summed E-state index contributed by atoms with van der Waals surface area (Å²) in [6, 6.07) is 27.8. The summed E-state index contributed by atoms with van der Waals surface area (Å²) >= 11 is 10.5. The molecule has 45 heavy (non-hydrogen) atoms. The van der Waals surface area contributed by atoms with E-state index in [0.717, 1.165) is 15.6 Å². The molecule has 0 saturated carbocycles. The Balaban J connectivity index is 1.45. The SMILES string of the molecule is Cc1cc(C)c(-c2ccc3c(c2)-c2cc(-c4c(C)cc(C)cc4C)ccc2[CH]3[Zr]([CH3])([CH3])[CH]2C=Cc3c(Cl)ccc(Cl)c32)c(C)c1. The molecule has 1 unspecified atom stereocenters. The van der Waals surface area contributed by atoms with Crippen LogP contribution in [0, 0.1) is 41.5 Å². The Morgan fingerprint density at radius 1 is 0.556 bits per heavy atom. The Labute approximate surface area is 283 Å². The third-order valence-electron chi connectivity index (χ3n) is 10.4. The molecular weight excluding hydrogens is 667 g/mol. The van der Waals surface area contributed by atoms with Gasteiger partial charge < -0.3 is 0 Å². The van der Waals surface area contributed by atoms with Crippen LogP contribution >= 0.6 is 23.2 Å². The second kappa shape index (κ2) is 11.2. The third kappa shape index (κ3) is 4.97. The van der Waals surface area contributed by atoms with Crippen molar-refractivity contribution in [1.82, 2.24) is 0 Å². The fourth-order valence-corrected chi connectivity index (χ4v) is 19.6. The molecule has 0 fully saturated rings. The first-order valence-corrected chi connectivity index (χ1v) is 24.5. The van der Waals surface area contributed by atoms with Crippen molar-refractivity contribution in [3.63, 3.8) is 0 Å². The van der Waals surface area contributed by atoms with E-state index in [0.29, 0.717) is 7.25 Å². The van der Waals surface area contributed by atoms with Gasteiger partial charge in [-0.3, -0.25) is 0 Å². The van der Waals surface area contributed by atoms with Gasteiger partial charge in [-0.15, -0.1) is 0 Å². The van der Waals surface area contributed by atoms with E-state index in [1.165, 1.54) is 83.5 Å². The molecule has 0 saturated heterocycles. The number of halogens is 2. The average Bonchev–Trinajstić information content (AvgIpc) is 3.56. The molecule has 5 aromatic rings. The molecule has 0 aromatic heterocycles. The predicted molar refractivity (Wildman–Crippen MR) is 193 cm³/mol. The second-order valence-corrected chi connectivity index (χ2v) is 26.8. The number of hydrogen-bond acceptors (Lipinski definition) is 0. The zero-order valence-electron chi connectivity index (χ0n) is 27.5. The molecule has 226 valence electrons.